The van der Waals surface area contributed by atoms with Crippen LogP contribution in [0, 0.1) is 0 Å². The lowest BCUT2D eigenvalue weighted by molar-refractivity contribution is 0.537. The zero-order valence-corrected chi connectivity index (χ0v) is 15.6. The standard InChI is InChI=1S/C20H29NSi/c1-6-17(15-16(2)20-9-7-8-14-21-20)18-10-12-19(13-11-18)22(3,4)5/h7-14,16-17H,6,15H2,1-5H3. The Hall–Kier alpha value is -1.41. The number of pyridine rings is 1. The van der Waals surface area contributed by atoms with Gasteiger partial charge < -0.3 is 0 Å². The fourth-order valence-corrected chi connectivity index (χ4v) is 4.18. The van der Waals surface area contributed by atoms with Gasteiger partial charge in [-0.1, -0.05) is 69.0 Å². The Morgan fingerprint density at radius 3 is 2.18 bits per heavy atom. The predicted molar refractivity (Wildman–Crippen MR) is 99.7 cm³/mol. The van der Waals surface area contributed by atoms with Gasteiger partial charge in [0, 0.05) is 11.9 Å². The van der Waals surface area contributed by atoms with Gasteiger partial charge in [0.1, 0.15) is 0 Å². The highest BCUT2D eigenvalue weighted by Gasteiger charge is 2.19. The summed E-state index contributed by atoms with van der Waals surface area (Å²) >= 11 is 0. The van der Waals surface area contributed by atoms with Crippen molar-refractivity contribution in [2.24, 2.45) is 0 Å². The van der Waals surface area contributed by atoms with Crippen LogP contribution in [-0.4, -0.2) is 13.1 Å². The molecule has 0 saturated carbocycles. The van der Waals surface area contributed by atoms with Crippen molar-refractivity contribution < 1.29 is 0 Å². The lowest BCUT2D eigenvalue weighted by Gasteiger charge is -2.22. The summed E-state index contributed by atoms with van der Waals surface area (Å²) in [6.07, 6.45) is 4.25. The van der Waals surface area contributed by atoms with Crippen molar-refractivity contribution in [1.82, 2.24) is 4.98 Å². The third kappa shape index (κ3) is 4.29. The van der Waals surface area contributed by atoms with Crippen LogP contribution in [0.15, 0.2) is 48.7 Å². The van der Waals surface area contributed by atoms with Crippen LogP contribution in [0.1, 0.15) is 49.8 Å². The van der Waals surface area contributed by atoms with E-state index < -0.39 is 8.07 Å². The maximum atomic E-state index is 4.51. The summed E-state index contributed by atoms with van der Waals surface area (Å²) in [5, 5.41) is 1.55. The van der Waals surface area contributed by atoms with Gasteiger partial charge in [0.05, 0.1) is 8.07 Å². The molecule has 0 radical (unpaired) electrons. The lowest BCUT2D eigenvalue weighted by atomic mass is 9.86. The van der Waals surface area contributed by atoms with Gasteiger partial charge in [-0.2, -0.15) is 0 Å². The van der Waals surface area contributed by atoms with E-state index in [0.717, 1.165) is 0 Å². The summed E-state index contributed by atoms with van der Waals surface area (Å²) in [6, 6.07) is 15.6. The van der Waals surface area contributed by atoms with Gasteiger partial charge in [-0.25, -0.2) is 0 Å². The first kappa shape index (κ1) is 16.9. The number of hydrogen-bond donors (Lipinski definition) is 0. The minimum absolute atomic E-state index is 0.503. The van der Waals surface area contributed by atoms with Crippen LogP contribution >= 0.6 is 0 Å². The average molecular weight is 312 g/mol. The van der Waals surface area contributed by atoms with E-state index in [1.807, 2.05) is 12.3 Å². The Morgan fingerprint density at radius 1 is 1.00 bits per heavy atom. The average Bonchev–Trinajstić information content (AvgIpc) is 2.52. The van der Waals surface area contributed by atoms with Crippen molar-refractivity contribution >= 4 is 13.3 Å². The SMILES string of the molecule is CCC(CC(C)c1ccccn1)c1ccc([Si](C)(C)C)cc1. The monoisotopic (exact) mass is 311 g/mol. The Balaban J connectivity index is 2.11. The van der Waals surface area contributed by atoms with Crippen molar-refractivity contribution in [3.05, 3.63) is 59.9 Å². The molecule has 0 spiro atoms. The third-order valence-corrected chi connectivity index (χ3v) is 6.64. The molecule has 0 N–H and O–H groups in total. The zero-order valence-electron chi connectivity index (χ0n) is 14.6. The van der Waals surface area contributed by atoms with Crippen molar-refractivity contribution in [2.45, 2.75) is 58.2 Å². The normalized spacial score (nSPS) is 14.6. The molecule has 118 valence electrons. The molecule has 1 heterocycles. The summed E-state index contributed by atoms with van der Waals surface area (Å²) in [5.74, 6) is 1.12. The van der Waals surface area contributed by atoms with Crippen molar-refractivity contribution in [1.29, 1.82) is 0 Å². The molecule has 1 aromatic heterocycles. The number of hydrogen-bond acceptors (Lipinski definition) is 1. The Kier molecular flexibility index (Phi) is 5.57. The Labute approximate surface area is 136 Å². The predicted octanol–water partition coefficient (Wildman–Crippen LogP) is 5.31. The molecular formula is C20H29NSi. The first-order chi connectivity index (χ1) is 10.4. The molecule has 1 nitrogen and oxygen atoms in total. The van der Waals surface area contributed by atoms with E-state index in [0.29, 0.717) is 11.8 Å². The highest BCUT2D eigenvalue weighted by Crippen LogP contribution is 2.30. The molecule has 22 heavy (non-hydrogen) atoms. The molecule has 2 aromatic rings. The number of aromatic nitrogens is 1. The van der Waals surface area contributed by atoms with Crippen LogP contribution in [0.4, 0.5) is 0 Å². The second-order valence-electron chi connectivity index (χ2n) is 7.37. The van der Waals surface area contributed by atoms with E-state index in [1.54, 1.807) is 5.19 Å². The van der Waals surface area contributed by atoms with E-state index in [9.17, 15) is 0 Å². The summed E-state index contributed by atoms with van der Waals surface area (Å²) in [4.78, 5) is 4.51. The van der Waals surface area contributed by atoms with Gasteiger partial charge in [-0.15, -0.1) is 0 Å². The van der Waals surface area contributed by atoms with Gasteiger partial charge in [0.2, 0.25) is 0 Å². The first-order valence-corrected chi connectivity index (χ1v) is 11.9. The van der Waals surface area contributed by atoms with Crippen LogP contribution in [0.2, 0.25) is 19.6 Å². The van der Waals surface area contributed by atoms with E-state index in [-0.39, 0.29) is 0 Å². The van der Waals surface area contributed by atoms with E-state index in [4.69, 9.17) is 0 Å². The molecular weight excluding hydrogens is 282 g/mol. The topological polar surface area (TPSA) is 12.9 Å². The van der Waals surface area contributed by atoms with E-state index >= 15 is 0 Å². The number of rotatable bonds is 6. The maximum absolute atomic E-state index is 4.51. The Morgan fingerprint density at radius 2 is 1.68 bits per heavy atom. The van der Waals surface area contributed by atoms with Crippen LogP contribution in [0.25, 0.3) is 0 Å². The van der Waals surface area contributed by atoms with Crippen LogP contribution in [-0.2, 0) is 0 Å². The summed E-state index contributed by atoms with van der Waals surface area (Å²) in [6.45, 7) is 11.8. The number of benzene rings is 1. The second kappa shape index (κ2) is 7.23. The molecule has 2 rings (SSSR count). The molecule has 2 heteroatoms. The van der Waals surface area contributed by atoms with E-state index in [2.05, 4.69) is 74.9 Å². The smallest absolute Gasteiger partial charge is 0.0775 e. The van der Waals surface area contributed by atoms with Gasteiger partial charge >= 0.3 is 0 Å². The fourth-order valence-electron chi connectivity index (χ4n) is 3.01. The molecule has 0 aliphatic heterocycles. The van der Waals surface area contributed by atoms with Crippen molar-refractivity contribution in [3.63, 3.8) is 0 Å². The molecule has 0 aliphatic rings. The second-order valence-corrected chi connectivity index (χ2v) is 12.4. The molecule has 0 amide bonds. The van der Waals surface area contributed by atoms with Crippen LogP contribution in [0.5, 0.6) is 0 Å². The minimum atomic E-state index is -1.20. The zero-order chi connectivity index (χ0) is 16.2. The molecule has 0 saturated heterocycles. The van der Waals surface area contributed by atoms with Gasteiger partial charge in [0.15, 0.2) is 0 Å². The summed E-state index contributed by atoms with van der Waals surface area (Å²) in [7, 11) is -1.20. The van der Waals surface area contributed by atoms with Crippen molar-refractivity contribution in [3.8, 4) is 0 Å². The largest absolute Gasteiger partial charge is 0.261 e. The van der Waals surface area contributed by atoms with Gasteiger partial charge in [0.25, 0.3) is 0 Å². The Bertz CT molecular complexity index is 569. The quantitative estimate of drug-likeness (QED) is 0.658. The van der Waals surface area contributed by atoms with Gasteiger partial charge in [-0.05, 0) is 42.4 Å². The van der Waals surface area contributed by atoms with Crippen molar-refractivity contribution in [2.75, 3.05) is 0 Å². The summed E-state index contributed by atoms with van der Waals surface area (Å²) in [5.41, 5.74) is 2.69. The molecule has 0 fully saturated rings. The fraction of sp³-hybridized carbons (Fsp3) is 0.450. The molecule has 0 bridgehead atoms. The summed E-state index contributed by atoms with van der Waals surface area (Å²) < 4.78 is 0. The van der Waals surface area contributed by atoms with E-state index in [1.165, 1.54) is 24.1 Å². The highest BCUT2D eigenvalue weighted by atomic mass is 28.3. The van der Waals surface area contributed by atoms with Gasteiger partial charge in [-0.3, -0.25) is 4.98 Å². The maximum Gasteiger partial charge on any atom is 0.0775 e. The van der Waals surface area contributed by atoms with Crippen LogP contribution in [0.3, 0.4) is 0 Å². The third-order valence-electron chi connectivity index (χ3n) is 4.57. The molecule has 1 aromatic carbocycles. The number of nitrogens with zero attached hydrogens (tertiary/aromatic N) is 1. The minimum Gasteiger partial charge on any atom is -0.261 e. The molecule has 0 aliphatic carbocycles. The first-order valence-electron chi connectivity index (χ1n) is 8.43. The van der Waals surface area contributed by atoms with Crippen LogP contribution < -0.4 is 5.19 Å². The molecule has 2 atom stereocenters. The molecule has 2 unspecified atom stereocenters. The highest BCUT2D eigenvalue weighted by molar-refractivity contribution is 6.88. The lowest BCUT2D eigenvalue weighted by Crippen LogP contribution is -2.37.